The van der Waals surface area contributed by atoms with Crippen LogP contribution in [0.1, 0.15) is 23.6 Å². The average Bonchev–Trinajstić information content (AvgIpc) is 3.40. The van der Waals surface area contributed by atoms with E-state index in [2.05, 4.69) is 76.6 Å². The van der Waals surface area contributed by atoms with Gasteiger partial charge < -0.3 is 4.90 Å². The van der Waals surface area contributed by atoms with Gasteiger partial charge in [-0.3, -0.25) is 4.79 Å². The molecule has 0 radical (unpaired) electrons. The number of amides is 1. The van der Waals surface area contributed by atoms with E-state index >= 15 is 0 Å². The van der Waals surface area contributed by atoms with Gasteiger partial charge in [0.05, 0.1) is 17.5 Å². The van der Waals surface area contributed by atoms with Crippen molar-refractivity contribution in [1.82, 2.24) is 5.01 Å². The van der Waals surface area contributed by atoms with E-state index in [-0.39, 0.29) is 11.9 Å². The Balaban J connectivity index is 1.52. The monoisotopic (exact) mass is 414 g/mol. The predicted octanol–water partition coefficient (Wildman–Crippen LogP) is 4.69. The minimum absolute atomic E-state index is 0.0276. The van der Waals surface area contributed by atoms with Gasteiger partial charge >= 0.3 is 0 Å². The van der Waals surface area contributed by atoms with Crippen LogP contribution in [0.2, 0.25) is 0 Å². The quantitative estimate of drug-likeness (QED) is 0.624. The van der Waals surface area contributed by atoms with Crippen molar-refractivity contribution >= 4 is 45.0 Å². The van der Waals surface area contributed by atoms with Gasteiger partial charge in [-0.2, -0.15) is 10.1 Å². The molecule has 0 saturated carbocycles. The summed E-state index contributed by atoms with van der Waals surface area (Å²) in [6.07, 6.45) is 0.771. The van der Waals surface area contributed by atoms with Crippen LogP contribution in [-0.4, -0.2) is 41.6 Å². The van der Waals surface area contributed by atoms with E-state index < -0.39 is 0 Å². The fourth-order valence-electron chi connectivity index (χ4n) is 3.90. The smallest absolute Gasteiger partial charge is 0.258 e. The van der Waals surface area contributed by atoms with Crippen molar-refractivity contribution in [3.05, 3.63) is 77.9 Å². The highest BCUT2D eigenvalue weighted by Gasteiger charge is 2.34. The second-order valence-corrected chi connectivity index (χ2v) is 8.68. The lowest BCUT2D eigenvalue weighted by atomic mass is 9.97. The van der Waals surface area contributed by atoms with Crippen LogP contribution in [0.15, 0.2) is 76.8 Å². The van der Waals surface area contributed by atoms with E-state index in [4.69, 9.17) is 5.10 Å². The first kappa shape index (κ1) is 18.9. The summed E-state index contributed by atoms with van der Waals surface area (Å²) in [4.78, 5) is 18.1. The number of rotatable bonds is 3. The van der Waals surface area contributed by atoms with Crippen molar-refractivity contribution in [1.29, 1.82) is 0 Å². The number of aliphatic imine (C=N–C) groups is 1. The summed E-state index contributed by atoms with van der Waals surface area (Å²) in [5, 5.41) is 9.98. The molecular weight excluding hydrogens is 392 g/mol. The number of hydrogen-bond donors (Lipinski definition) is 0. The summed E-state index contributed by atoms with van der Waals surface area (Å²) in [6, 6.07) is 23.4. The number of anilines is 1. The number of carbonyl (C=O) groups is 1. The fourth-order valence-corrected chi connectivity index (χ4v) is 4.68. The van der Waals surface area contributed by atoms with Gasteiger partial charge in [-0.1, -0.05) is 60.3 Å². The van der Waals surface area contributed by atoms with Crippen molar-refractivity contribution in [2.45, 2.75) is 12.5 Å². The van der Waals surface area contributed by atoms with Crippen molar-refractivity contribution in [2.24, 2.45) is 10.1 Å². The third-order valence-corrected chi connectivity index (χ3v) is 6.46. The maximum absolute atomic E-state index is 11.8. The standard InChI is InChI=1S/C24H22N4OS/c1-27(2)20-11-9-17(10-12-20)22-14-21(26-28(22)24-25-23(29)15-30-24)19-8-7-16-5-3-4-6-18(16)13-19/h3-13,22H,14-15H2,1-2H3. The Morgan fingerprint density at radius 2 is 1.77 bits per heavy atom. The van der Waals surface area contributed by atoms with E-state index in [1.807, 2.05) is 19.1 Å². The molecule has 0 saturated heterocycles. The van der Waals surface area contributed by atoms with Crippen LogP contribution in [-0.2, 0) is 4.79 Å². The largest absolute Gasteiger partial charge is 0.378 e. The lowest BCUT2D eigenvalue weighted by molar-refractivity contribution is -0.115. The van der Waals surface area contributed by atoms with Crippen molar-refractivity contribution < 1.29 is 4.79 Å². The molecule has 3 aromatic rings. The minimum Gasteiger partial charge on any atom is -0.378 e. The summed E-state index contributed by atoms with van der Waals surface area (Å²) in [5.74, 6) is 0.296. The number of nitrogens with zero attached hydrogens (tertiary/aromatic N) is 4. The third-order valence-electron chi connectivity index (χ3n) is 5.53. The normalized spacial score (nSPS) is 18.7. The number of fused-ring (bicyclic) bond motifs is 1. The zero-order valence-electron chi connectivity index (χ0n) is 16.9. The number of amidine groups is 1. The topological polar surface area (TPSA) is 48.3 Å². The molecule has 0 spiro atoms. The van der Waals surface area contributed by atoms with E-state index in [0.29, 0.717) is 10.9 Å². The molecule has 3 aromatic carbocycles. The molecule has 0 bridgehead atoms. The Morgan fingerprint density at radius 1 is 1.00 bits per heavy atom. The van der Waals surface area contributed by atoms with Gasteiger partial charge in [0.25, 0.3) is 5.91 Å². The second kappa shape index (κ2) is 7.61. The molecule has 0 fully saturated rings. The van der Waals surface area contributed by atoms with Gasteiger partial charge in [0.2, 0.25) is 0 Å². The lowest BCUT2D eigenvalue weighted by Crippen LogP contribution is -2.23. The first-order valence-corrected chi connectivity index (χ1v) is 10.9. The Morgan fingerprint density at radius 3 is 2.47 bits per heavy atom. The SMILES string of the molecule is CN(C)c1ccc(C2CC(c3ccc4ccccc4c3)=NN2C2=NC(=O)CS2)cc1. The Kier molecular flexibility index (Phi) is 4.79. The summed E-state index contributed by atoms with van der Waals surface area (Å²) in [7, 11) is 4.07. The van der Waals surface area contributed by atoms with Crippen LogP contribution in [0.25, 0.3) is 10.8 Å². The van der Waals surface area contributed by atoms with E-state index in [1.165, 1.54) is 28.1 Å². The van der Waals surface area contributed by atoms with Crippen LogP contribution in [0.5, 0.6) is 0 Å². The summed E-state index contributed by atoms with van der Waals surface area (Å²) >= 11 is 1.47. The number of thioether (sulfide) groups is 1. The highest BCUT2D eigenvalue weighted by Crippen LogP contribution is 2.37. The summed E-state index contributed by atoms with van der Waals surface area (Å²) in [6.45, 7) is 0. The molecule has 2 aliphatic heterocycles. The zero-order valence-corrected chi connectivity index (χ0v) is 17.8. The van der Waals surface area contributed by atoms with E-state index in [9.17, 15) is 4.79 Å². The minimum atomic E-state index is -0.0916. The number of benzene rings is 3. The molecule has 0 N–H and O–H groups in total. The van der Waals surface area contributed by atoms with Gasteiger partial charge in [0, 0.05) is 26.2 Å². The molecule has 1 unspecified atom stereocenters. The molecule has 1 amide bonds. The van der Waals surface area contributed by atoms with Crippen molar-refractivity contribution in [3.8, 4) is 0 Å². The molecule has 2 aliphatic rings. The fraction of sp³-hybridized carbons (Fsp3) is 0.208. The molecule has 1 atom stereocenters. The summed E-state index contributed by atoms with van der Waals surface area (Å²) < 4.78 is 0. The number of carbonyl (C=O) groups excluding carboxylic acids is 1. The second-order valence-electron chi connectivity index (χ2n) is 7.74. The van der Waals surface area contributed by atoms with E-state index in [1.54, 1.807) is 0 Å². The maximum atomic E-state index is 11.8. The molecule has 2 heterocycles. The lowest BCUT2D eigenvalue weighted by Gasteiger charge is -2.23. The first-order valence-electron chi connectivity index (χ1n) is 9.96. The Labute approximate surface area is 180 Å². The zero-order chi connectivity index (χ0) is 20.7. The van der Waals surface area contributed by atoms with Gasteiger partial charge in [0.1, 0.15) is 0 Å². The van der Waals surface area contributed by atoms with Crippen LogP contribution in [0, 0.1) is 0 Å². The van der Waals surface area contributed by atoms with Crippen LogP contribution in [0.3, 0.4) is 0 Å². The number of hydrazone groups is 1. The molecule has 30 heavy (non-hydrogen) atoms. The third kappa shape index (κ3) is 3.48. The van der Waals surface area contributed by atoms with Crippen LogP contribution >= 0.6 is 11.8 Å². The molecular formula is C24H22N4OS. The van der Waals surface area contributed by atoms with Crippen molar-refractivity contribution in [3.63, 3.8) is 0 Å². The highest BCUT2D eigenvalue weighted by atomic mass is 32.2. The number of hydrogen-bond acceptors (Lipinski definition) is 5. The van der Waals surface area contributed by atoms with Gasteiger partial charge in [-0.25, -0.2) is 5.01 Å². The van der Waals surface area contributed by atoms with Gasteiger partial charge in [-0.15, -0.1) is 0 Å². The molecule has 150 valence electrons. The van der Waals surface area contributed by atoms with Gasteiger partial charge in [-0.05, 0) is 40.1 Å². The molecule has 5 nitrogen and oxygen atoms in total. The molecule has 5 rings (SSSR count). The van der Waals surface area contributed by atoms with Gasteiger partial charge in [0.15, 0.2) is 5.17 Å². The maximum Gasteiger partial charge on any atom is 0.258 e. The predicted molar refractivity (Wildman–Crippen MR) is 125 cm³/mol. The van der Waals surface area contributed by atoms with Crippen LogP contribution < -0.4 is 4.90 Å². The average molecular weight is 415 g/mol. The van der Waals surface area contributed by atoms with Crippen molar-refractivity contribution in [2.75, 3.05) is 24.7 Å². The molecule has 0 aromatic heterocycles. The van der Waals surface area contributed by atoms with Crippen LogP contribution in [0.4, 0.5) is 5.69 Å². The Hall–Kier alpha value is -3.12. The Bertz CT molecular complexity index is 1180. The molecule has 0 aliphatic carbocycles. The first-order chi connectivity index (χ1) is 14.6. The summed E-state index contributed by atoms with van der Waals surface area (Å²) in [5.41, 5.74) is 4.45. The molecule has 6 heteroatoms. The highest BCUT2D eigenvalue weighted by molar-refractivity contribution is 8.14. The van der Waals surface area contributed by atoms with E-state index in [0.717, 1.165) is 23.4 Å².